The van der Waals surface area contributed by atoms with Gasteiger partial charge in [0.1, 0.15) is 0 Å². The molecule has 0 unspecified atom stereocenters. The van der Waals surface area contributed by atoms with E-state index in [-0.39, 0.29) is 0 Å². The van der Waals surface area contributed by atoms with Crippen molar-refractivity contribution in [2.24, 2.45) is 0 Å². The molecular weight excluding hydrogens is 130 g/mol. The van der Waals surface area contributed by atoms with Crippen LogP contribution in [0.15, 0.2) is 6.07 Å². The molecule has 1 aromatic rings. The molecule has 0 saturated carbocycles. The van der Waals surface area contributed by atoms with Gasteiger partial charge in [-0.3, -0.25) is 0 Å². The summed E-state index contributed by atoms with van der Waals surface area (Å²) in [6, 6.07) is 1.18. The minimum Gasteiger partial charge on any atom is -0.195 e. The van der Waals surface area contributed by atoms with Crippen molar-refractivity contribution in [1.29, 1.82) is 0 Å². The maximum absolute atomic E-state index is 12.1. The molecule has 0 fully saturated rings. The van der Waals surface area contributed by atoms with Gasteiger partial charge in [-0.05, 0) is 18.6 Å². The Morgan fingerprint density at radius 1 is 1.50 bits per heavy atom. The van der Waals surface area contributed by atoms with Crippen molar-refractivity contribution in [3.8, 4) is 0 Å². The van der Waals surface area contributed by atoms with Crippen molar-refractivity contribution in [3.05, 3.63) is 21.9 Å². The van der Waals surface area contributed by atoms with Gasteiger partial charge in [-0.1, -0.05) is 11.3 Å². The first-order chi connectivity index (χ1) is 3.70. The zero-order valence-electron chi connectivity index (χ0n) is 4.24. The van der Waals surface area contributed by atoms with Crippen molar-refractivity contribution >= 4 is 11.3 Å². The van der Waals surface area contributed by atoms with Gasteiger partial charge in [0, 0.05) is 0 Å². The van der Waals surface area contributed by atoms with Gasteiger partial charge >= 0.3 is 0 Å². The third-order valence-electron chi connectivity index (χ3n) is 0.827. The third-order valence-corrected chi connectivity index (χ3v) is 1.64. The normalized spacial score (nSPS) is 9.88. The Hall–Kier alpha value is -0.440. The van der Waals surface area contributed by atoms with E-state index >= 15 is 0 Å². The van der Waals surface area contributed by atoms with Crippen molar-refractivity contribution in [1.82, 2.24) is 0 Å². The van der Waals surface area contributed by atoms with E-state index in [9.17, 15) is 8.78 Å². The highest BCUT2D eigenvalue weighted by Gasteiger charge is 2.01. The molecule has 0 aliphatic rings. The maximum atomic E-state index is 12.1. The van der Waals surface area contributed by atoms with Crippen LogP contribution >= 0.6 is 11.3 Å². The van der Waals surface area contributed by atoms with Crippen molar-refractivity contribution in [2.45, 2.75) is 6.92 Å². The zero-order valence-corrected chi connectivity index (χ0v) is 5.06. The predicted octanol–water partition coefficient (Wildman–Crippen LogP) is 2.33. The van der Waals surface area contributed by atoms with Gasteiger partial charge in [0.2, 0.25) is 0 Å². The lowest BCUT2D eigenvalue weighted by atomic mass is 10.4. The summed E-state index contributed by atoms with van der Waals surface area (Å²) >= 11 is 0.536. The fourth-order valence-electron chi connectivity index (χ4n) is 0.423. The van der Waals surface area contributed by atoms with Gasteiger partial charge in [0.05, 0.1) is 0 Å². The van der Waals surface area contributed by atoms with Gasteiger partial charge in [-0.2, -0.15) is 8.78 Å². The highest BCUT2D eigenvalue weighted by atomic mass is 32.1. The topological polar surface area (TPSA) is 0 Å². The number of aryl methyl sites for hydroxylation is 1. The van der Waals surface area contributed by atoms with E-state index in [1.807, 2.05) is 0 Å². The zero-order chi connectivity index (χ0) is 6.15. The molecule has 0 aliphatic heterocycles. The fraction of sp³-hybridized carbons (Fsp3) is 0.200. The van der Waals surface area contributed by atoms with Crippen LogP contribution in [0.3, 0.4) is 0 Å². The minimum absolute atomic E-state index is 0.382. The first-order valence-corrected chi connectivity index (χ1v) is 2.93. The molecule has 0 bridgehead atoms. The second-order valence-corrected chi connectivity index (χ2v) is 2.46. The summed E-state index contributed by atoms with van der Waals surface area (Å²) in [5.41, 5.74) is 0.382. The SMILES string of the molecule is Cc1cc(F)sc1F. The summed E-state index contributed by atoms with van der Waals surface area (Å²) in [5.74, 6) is 0. The molecule has 1 aromatic heterocycles. The van der Waals surface area contributed by atoms with E-state index in [0.29, 0.717) is 16.9 Å². The highest BCUT2D eigenvalue weighted by Crippen LogP contribution is 2.16. The largest absolute Gasteiger partial charge is 0.195 e. The van der Waals surface area contributed by atoms with Gasteiger partial charge in [0.25, 0.3) is 0 Å². The van der Waals surface area contributed by atoms with Crippen LogP contribution in [0, 0.1) is 17.2 Å². The highest BCUT2D eigenvalue weighted by molar-refractivity contribution is 7.08. The summed E-state index contributed by atoms with van der Waals surface area (Å²) in [4.78, 5) is 0. The summed E-state index contributed by atoms with van der Waals surface area (Å²) in [6.07, 6.45) is 0. The van der Waals surface area contributed by atoms with Gasteiger partial charge < -0.3 is 0 Å². The molecule has 44 valence electrons. The van der Waals surface area contributed by atoms with Crippen LogP contribution in [-0.4, -0.2) is 0 Å². The molecule has 1 rings (SSSR count). The first kappa shape index (κ1) is 5.69. The van der Waals surface area contributed by atoms with Crippen LogP contribution in [0.2, 0.25) is 0 Å². The minimum atomic E-state index is -0.458. The smallest absolute Gasteiger partial charge is 0.182 e. The second-order valence-electron chi connectivity index (χ2n) is 1.51. The van der Waals surface area contributed by atoms with Gasteiger partial charge in [-0.25, -0.2) is 0 Å². The Kier molecular flexibility index (Phi) is 1.29. The van der Waals surface area contributed by atoms with E-state index in [0.717, 1.165) is 0 Å². The van der Waals surface area contributed by atoms with Crippen LogP contribution in [0.4, 0.5) is 8.78 Å². The molecular formula is C5H4F2S. The summed E-state index contributed by atoms with van der Waals surface area (Å²) in [7, 11) is 0. The number of hydrogen-bond donors (Lipinski definition) is 0. The Bertz CT molecular complexity index is 173. The molecule has 1 heterocycles. The molecule has 0 saturated heterocycles. The van der Waals surface area contributed by atoms with Crippen LogP contribution in [-0.2, 0) is 0 Å². The van der Waals surface area contributed by atoms with Gasteiger partial charge in [-0.15, -0.1) is 0 Å². The van der Waals surface area contributed by atoms with Crippen LogP contribution in [0.5, 0.6) is 0 Å². The molecule has 0 spiro atoms. The molecule has 0 aromatic carbocycles. The molecule has 3 heteroatoms. The second kappa shape index (κ2) is 1.82. The van der Waals surface area contributed by atoms with E-state index in [2.05, 4.69) is 0 Å². The lowest BCUT2D eigenvalue weighted by Crippen LogP contribution is -1.63. The quantitative estimate of drug-likeness (QED) is 0.511. The Balaban J connectivity index is 3.14. The van der Waals surface area contributed by atoms with Gasteiger partial charge in [0.15, 0.2) is 10.3 Å². The molecule has 0 nitrogen and oxygen atoms in total. The van der Waals surface area contributed by atoms with Crippen LogP contribution in [0.1, 0.15) is 5.56 Å². The summed E-state index contributed by atoms with van der Waals surface area (Å²) in [5, 5.41) is -0.887. The van der Waals surface area contributed by atoms with Crippen LogP contribution < -0.4 is 0 Å². The first-order valence-electron chi connectivity index (χ1n) is 2.11. The summed E-state index contributed by atoms with van der Waals surface area (Å²) in [6.45, 7) is 1.54. The molecule has 0 radical (unpaired) electrons. The van der Waals surface area contributed by atoms with Crippen molar-refractivity contribution in [3.63, 3.8) is 0 Å². The molecule has 0 atom stereocenters. The number of rotatable bonds is 0. The monoisotopic (exact) mass is 134 g/mol. The fourth-order valence-corrected chi connectivity index (χ4v) is 1.05. The summed E-state index contributed by atoms with van der Waals surface area (Å²) < 4.78 is 24.1. The molecule has 0 aliphatic carbocycles. The molecule has 0 amide bonds. The third kappa shape index (κ3) is 0.865. The standard InChI is InChI=1S/C5H4F2S/c1-3-2-4(6)8-5(3)7/h2H,1H3. The molecule has 0 N–H and O–H groups in total. The average molecular weight is 134 g/mol. The molecule has 8 heavy (non-hydrogen) atoms. The van der Waals surface area contributed by atoms with Crippen LogP contribution in [0.25, 0.3) is 0 Å². The van der Waals surface area contributed by atoms with Crippen molar-refractivity contribution < 1.29 is 8.78 Å². The Labute approximate surface area is 49.8 Å². The number of halogens is 2. The number of thiophene rings is 1. The lowest BCUT2D eigenvalue weighted by Gasteiger charge is -1.74. The van der Waals surface area contributed by atoms with Crippen molar-refractivity contribution in [2.75, 3.05) is 0 Å². The van der Waals surface area contributed by atoms with E-state index < -0.39 is 10.3 Å². The lowest BCUT2D eigenvalue weighted by molar-refractivity contribution is 0.648. The number of hydrogen-bond acceptors (Lipinski definition) is 1. The predicted molar refractivity (Wildman–Crippen MR) is 29.0 cm³/mol. The maximum Gasteiger partial charge on any atom is 0.182 e. The average Bonchev–Trinajstić information content (AvgIpc) is 1.85. The Morgan fingerprint density at radius 3 is 2.25 bits per heavy atom. The van der Waals surface area contributed by atoms with E-state index in [1.165, 1.54) is 13.0 Å². The van der Waals surface area contributed by atoms with E-state index in [1.54, 1.807) is 0 Å². The Morgan fingerprint density at radius 2 is 2.12 bits per heavy atom. The van der Waals surface area contributed by atoms with E-state index in [4.69, 9.17) is 0 Å².